The van der Waals surface area contributed by atoms with Crippen LogP contribution in [-0.2, 0) is 20.5 Å². The Kier molecular flexibility index (Phi) is 7.32. The molecule has 44 heavy (non-hydrogen) atoms. The van der Waals surface area contributed by atoms with Gasteiger partial charge in [0.1, 0.15) is 35.6 Å². The highest BCUT2D eigenvalue weighted by Gasteiger charge is 2.63. The second-order valence-corrected chi connectivity index (χ2v) is 19.0. The number of hydrogen-bond acceptors (Lipinski definition) is 7. The van der Waals surface area contributed by atoms with Crippen molar-refractivity contribution in [2.75, 3.05) is 14.2 Å². The fraction of sp³-hybridized carbons (Fsp3) is 0.472. The minimum Gasteiger partial charge on any atom is -0.495 e. The molecule has 3 atom stereocenters. The molecule has 7 nitrogen and oxygen atoms in total. The Morgan fingerprint density at radius 2 is 1.61 bits per heavy atom. The fourth-order valence-electron chi connectivity index (χ4n) is 6.78. The maximum absolute atomic E-state index is 14.7. The molecule has 1 fully saturated rings. The first-order valence-electron chi connectivity index (χ1n) is 15.3. The summed E-state index contributed by atoms with van der Waals surface area (Å²) in [6.45, 7) is 17.4. The Bertz CT molecular complexity index is 1670. The number of carbonyl (C=O) groups is 1. The van der Waals surface area contributed by atoms with Gasteiger partial charge < -0.3 is 28.1 Å². The van der Waals surface area contributed by atoms with E-state index in [1.54, 1.807) is 14.2 Å². The number of methoxy groups -OCH3 is 2. The van der Waals surface area contributed by atoms with Gasteiger partial charge in [0.2, 0.25) is 0 Å². The van der Waals surface area contributed by atoms with E-state index in [0.29, 0.717) is 46.8 Å². The van der Waals surface area contributed by atoms with Crippen molar-refractivity contribution in [1.82, 2.24) is 0 Å². The first kappa shape index (κ1) is 30.8. The van der Waals surface area contributed by atoms with E-state index in [0.717, 1.165) is 22.1 Å². The van der Waals surface area contributed by atoms with Crippen molar-refractivity contribution in [2.24, 2.45) is 0 Å². The number of carbonyl (C=O) groups excluding carboxylic acids is 1. The van der Waals surface area contributed by atoms with Crippen molar-refractivity contribution in [1.29, 1.82) is 0 Å². The number of ether oxygens (including phenoxy) is 5. The highest BCUT2D eigenvalue weighted by Crippen LogP contribution is 2.59. The summed E-state index contributed by atoms with van der Waals surface area (Å²) in [5, 5.41) is 1.50. The van der Waals surface area contributed by atoms with Gasteiger partial charge in [0.25, 0.3) is 0 Å². The number of benzene rings is 3. The lowest BCUT2D eigenvalue weighted by Crippen LogP contribution is -2.57. The van der Waals surface area contributed by atoms with Crippen molar-refractivity contribution >= 4 is 30.4 Å². The molecule has 0 aromatic heterocycles. The predicted molar refractivity (Wildman–Crippen MR) is 174 cm³/mol. The number of rotatable bonds is 7. The minimum absolute atomic E-state index is 0.0147. The summed E-state index contributed by atoms with van der Waals surface area (Å²) >= 11 is 0. The number of ketones is 1. The van der Waals surface area contributed by atoms with E-state index >= 15 is 0 Å². The van der Waals surface area contributed by atoms with Gasteiger partial charge in [0.15, 0.2) is 19.9 Å². The first-order chi connectivity index (χ1) is 20.6. The highest BCUT2D eigenvalue weighted by molar-refractivity contribution is 6.74. The molecule has 0 unspecified atom stereocenters. The minimum atomic E-state index is -2.24. The van der Waals surface area contributed by atoms with Crippen molar-refractivity contribution in [3.63, 3.8) is 0 Å². The normalized spacial score (nSPS) is 24.3. The third kappa shape index (κ3) is 4.69. The quantitative estimate of drug-likeness (QED) is 0.249. The van der Waals surface area contributed by atoms with Crippen LogP contribution in [0.4, 0.5) is 0 Å². The molecule has 0 saturated carbocycles. The lowest BCUT2D eigenvalue weighted by Gasteiger charge is -2.47. The van der Waals surface area contributed by atoms with Crippen molar-refractivity contribution in [3.05, 3.63) is 70.8 Å². The molecular weight excluding hydrogens is 572 g/mol. The molecule has 234 valence electrons. The van der Waals surface area contributed by atoms with Crippen LogP contribution in [0.15, 0.2) is 54.1 Å². The van der Waals surface area contributed by atoms with Gasteiger partial charge in [0, 0.05) is 22.9 Å². The maximum atomic E-state index is 14.7. The Hall–Kier alpha value is -3.17. The van der Waals surface area contributed by atoms with Gasteiger partial charge in [-0.05, 0) is 56.1 Å². The zero-order chi connectivity index (χ0) is 31.8. The standard InChI is InChI=1S/C36H44O7Si/c1-34(2,3)44(9,10)42-25-19-23-27-29(30(37)28(23)33-36(25,6)43-35(4,5)41-33)32(39-8)26-22(31(27)38-7)17-14-18-24(26)40-20-21-15-12-11-13-16-21/h11-18,25,33H,19-20H2,1-10H3/t25-,33-,36+/m1/s1. The molecule has 0 radical (unpaired) electrons. The summed E-state index contributed by atoms with van der Waals surface area (Å²) in [5.74, 6) is 0.678. The van der Waals surface area contributed by atoms with Crippen LogP contribution in [0, 0.1) is 0 Å². The lowest BCUT2D eigenvalue weighted by molar-refractivity contribution is -0.176. The van der Waals surface area contributed by atoms with Crippen molar-refractivity contribution in [3.8, 4) is 17.2 Å². The first-order valence-corrected chi connectivity index (χ1v) is 18.3. The van der Waals surface area contributed by atoms with E-state index in [-0.39, 0.29) is 16.9 Å². The number of Topliss-reactive ketones (excluding diaryl/α,β-unsaturated/α-hetero) is 1. The van der Waals surface area contributed by atoms with Crippen LogP contribution in [0.2, 0.25) is 18.1 Å². The summed E-state index contributed by atoms with van der Waals surface area (Å²) in [7, 11) is 1.01. The monoisotopic (exact) mass is 616 g/mol. The lowest BCUT2D eigenvalue weighted by atomic mass is 9.77. The fourth-order valence-corrected chi connectivity index (χ4v) is 8.16. The molecule has 8 heteroatoms. The topological polar surface area (TPSA) is 72.5 Å². The molecule has 1 saturated heterocycles. The zero-order valence-electron chi connectivity index (χ0n) is 27.5. The van der Waals surface area contributed by atoms with E-state index in [2.05, 4.69) is 33.9 Å². The van der Waals surface area contributed by atoms with Gasteiger partial charge in [-0.25, -0.2) is 0 Å². The molecule has 6 rings (SSSR count). The molecule has 0 amide bonds. The van der Waals surface area contributed by atoms with Crippen molar-refractivity contribution < 1.29 is 32.9 Å². The maximum Gasteiger partial charge on any atom is 0.196 e. The smallest absolute Gasteiger partial charge is 0.196 e. The molecule has 3 aromatic carbocycles. The van der Waals surface area contributed by atoms with Crippen LogP contribution in [0.5, 0.6) is 17.2 Å². The van der Waals surface area contributed by atoms with Crippen LogP contribution in [0.25, 0.3) is 16.3 Å². The number of hydrogen-bond donors (Lipinski definition) is 0. The van der Waals surface area contributed by atoms with E-state index < -0.39 is 25.8 Å². The average Bonchev–Trinajstić information content (AvgIpc) is 3.39. The van der Waals surface area contributed by atoms with Crippen molar-refractivity contribution in [2.45, 2.75) is 96.3 Å². The zero-order valence-corrected chi connectivity index (χ0v) is 28.5. The van der Waals surface area contributed by atoms with Gasteiger partial charge in [0.05, 0.1) is 31.3 Å². The van der Waals surface area contributed by atoms with Crippen LogP contribution < -0.4 is 14.2 Å². The second kappa shape index (κ2) is 10.4. The second-order valence-electron chi connectivity index (χ2n) is 14.2. The van der Waals surface area contributed by atoms with Crippen LogP contribution in [0.3, 0.4) is 0 Å². The predicted octanol–water partition coefficient (Wildman–Crippen LogP) is 8.09. The Balaban J connectivity index is 1.54. The van der Waals surface area contributed by atoms with Crippen LogP contribution in [0.1, 0.15) is 69.4 Å². The van der Waals surface area contributed by atoms with Crippen LogP contribution in [-0.4, -0.2) is 51.9 Å². The summed E-state index contributed by atoms with van der Waals surface area (Å²) in [6.07, 6.45) is -0.468. The van der Waals surface area contributed by atoms with E-state index in [9.17, 15) is 4.79 Å². The Morgan fingerprint density at radius 1 is 0.932 bits per heavy atom. The molecule has 1 heterocycles. The summed E-state index contributed by atoms with van der Waals surface area (Å²) in [6, 6.07) is 15.8. The van der Waals surface area contributed by atoms with Gasteiger partial charge in [-0.2, -0.15) is 0 Å². The summed E-state index contributed by atoms with van der Waals surface area (Å²) in [5.41, 5.74) is 2.88. The third-order valence-corrected chi connectivity index (χ3v) is 14.4. The largest absolute Gasteiger partial charge is 0.495 e. The Morgan fingerprint density at radius 3 is 2.25 bits per heavy atom. The van der Waals surface area contributed by atoms with Gasteiger partial charge in [-0.1, -0.05) is 63.2 Å². The van der Waals surface area contributed by atoms with Gasteiger partial charge in [-0.15, -0.1) is 0 Å². The molecule has 0 spiro atoms. The third-order valence-electron chi connectivity index (χ3n) is 9.87. The molecule has 1 aliphatic heterocycles. The highest BCUT2D eigenvalue weighted by atomic mass is 28.4. The Labute approximate surface area is 261 Å². The average molecular weight is 617 g/mol. The van der Waals surface area contributed by atoms with Gasteiger partial charge in [-0.3, -0.25) is 4.79 Å². The summed E-state index contributed by atoms with van der Waals surface area (Å²) < 4.78 is 39.0. The van der Waals surface area contributed by atoms with E-state index in [4.69, 9.17) is 28.1 Å². The SMILES string of the molecule is COc1c2c(c(OC)c3c(OCc4ccccc4)cccc13)C(=O)C1=C2C[C@@H](O[Si](C)(C)C(C)(C)C)[C@]2(C)OC(C)(C)O[C@H]12. The van der Waals surface area contributed by atoms with E-state index in [1.165, 1.54) is 0 Å². The summed E-state index contributed by atoms with van der Waals surface area (Å²) in [4.78, 5) is 14.7. The molecule has 3 aliphatic rings. The molecule has 3 aromatic rings. The molecule has 0 N–H and O–H groups in total. The molecular formula is C36H44O7Si. The van der Waals surface area contributed by atoms with Gasteiger partial charge >= 0.3 is 0 Å². The van der Waals surface area contributed by atoms with E-state index in [1.807, 2.05) is 69.3 Å². The number of fused-ring (bicyclic) bond motifs is 5. The molecule has 0 bridgehead atoms. The van der Waals surface area contributed by atoms with Crippen LogP contribution >= 0.6 is 0 Å². The molecule has 2 aliphatic carbocycles.